The molecular formula is C15H21N5O3. The summed E-state index contributed by atoms with van der Waals surface area (Å²) in [6.07, 6.45) is 2.60. The highest BCUT2D eigenvalue weighted by Gasteiger charge is 2.32. The van der Waals surface area contributed by atoms with Crippen LogP contribution in [0.1, 0.15) is 50.2 Å². The fraction of sp³-hybridized carbons (Fsp3) is 0.667. The second kappa shape index (κ2) is 6.47. The molecule has 1 unspecified atom stereocenters. The van der Waals surface area contributed by atoms with Crippen molar-refractivity contribution in [3.8, 4) is 0 Å². The van der Waals surface area contributed by atoms with Crippen LogP contribution in [-0.2, 0) is 9.59 Å². The van der Waals surface area contributed by atoms with Gasteiger partial charge in [-0.25, -0.2) is 5.01 Å². The van der Waals surface area contributed by atoms with Gasteiger partial charge in [0.15, 0.2) is 5.82 Å². The number of carbonyl (C=O) groups is 2. The fourth-order valence-corrected chi connectivity index (χ4v) is 3.04. The molecule has 0 aromatic carbocycles. The van der Waals surface area contributed by atoms with E-state index in [1.54, 1.807) is 11.8 Å². The normalized spacial score (nSPS) is 22.3. The molecule has 8 heteroatoms. The third-order valence-electron chi connectivity index (χ3n) is 4.27. The number of carbonyl (C=O) groups excluding carboxylic acids is 2. The Morgan fingerprint density at radius 1 is 1.39 bits per heavy atom. The second-order valence-electron chi connectivity index (χ2n) is 5.92. The van der Waals surface area contributed by atoms with E-state index in [2.05, 4.69) is 15.2 Å². The minimum absolute atomic E-state index is 0.0251. The summed E-state index contributed by atoms with van der Waals surface area (Å²) in [5.41, 5.74) is 0.469. The van der Waals surface area contributed by atoms with E-state index in [1.165, 1.54) is 5.01 Å². The molecule has 8 nitrogen and oxygen atoms in total. The van der Waals surface area contributed by atoms with Crippen LogP contribution in [0, 0.1) is 6.92 Å². The number of hydrazone groups is 1. The van der Waals surface area contributed by atoms with Crippen molar-refractivity contribution in [1.29, 1.82) is 0 Å². The van der Waals surface area contributed by atoms with Crippen LogP contribution in [0.3, 0.4) is 0 Å². The lowest BCUT2D eigenvalue weighted by molar-refractivity contribution is -0.132. The first-order chi connectivity index (χ1) is 11.1. The van der Waals surface area contributed by atoms with Crippen LogP contribution in [-0.4, -0.2) is 57.2 Å². The minimum Gasteiger partial charge on any atom is -0.340 e. The number of hydrogen-bond acceptors (Lipinski definition) is 6. The SMILES string of the molecule is CCN1N=C(C(=O)N2CCCC(c3noc(C)n3)C2)CCC1=O. The lowest BCUT2D eigenvalue weighted by Gasteiger charge is -2.32. The van der Waals surface area contributed by atoms with E-state index in [1.807, 2.05) is 6.92 Å². The van der Waals surface area contributed by atoms with Crippen LogP contribution >= 0.6 is 0 Å². The standard InChI is InChI=1S/C15H21N5O3/c1-3-20-13(21)7-6-12(17-20)15(22)19-8-4-5-11(9-19)14-16-10(2)23-18-14/h11H,3-9H2,1-2H3. The predicted molar refractivity (Wildman–Crippen MR) is 81.6 cm³/mol. The third kappa shape index (κ3) is 3.25. The smallest absolute Gasteiger partial charge is 0.270 e. The summed E-state index contributed by atoms with van der Waals surface area (Å²) < 4.78 is 5.04. The molecule has 3 rings (SSSR count). The van der Waals surface area contributed by atoms with Crippen LogP contribution in [0.4, 0.5) is 0 Å². The van der Waals surface area contributed by atoms with Crippen molar-refractivity contribution >= 4 is 17.5 Å². The summed E-state index contributed by atoms with van der Waals surface area (Å²) >= 11 is 0. The molecule has 1 atom stereocenters. The third-order valence-corrected chi connectivity index (χ3v) is 4.27. The Hall–Kier alpha value is -2.25. The lowest BCUT2D eigenvalue weighted by atomic mass is 9.96. The Morgan fingerprint density at radius 3 is 2.91 bits per heavy atom. The van der Waals surface area contributed by atoms with Crippen molar-refractivity contribution < 1.29 is 14.1 Å². The van der Waals surface area contributed by atoms with Crippen molar-refractivity contribution in [1.82, 2.24) is 20.0 Å². The zero-order valence-electron chi connectivity index (χ0n) is 13.5. The van der Waals surface area contributed by atoms with Gasteiger partial charge in [0.25, 0.3) is 5.91 Å². The van der Waals surface area contributed by atoms with Crippen LogP contribution in [0.25, 0.3) is 0 Å². The van der Waals surface area contributed by atoms with Gasteiger partial charge >= 0.3 is 0 Å². The summed E-state index contributed by atoms with van der Waals surface area (Å²) in [5.74, 6) is 1.19. The predicted octanol–water partition coefficient (Wildman–Crippen LogP) is 1.08. The maximum Gasteiger partial charge on any atom is 0.270 e. The summed E-state index contributed by atoms with van der Waals surface area (Å²) in [4.78, 5) is 30.4. The largest absolute Gasteiger partial charge is 0.340 e. The molecule has 1 fully saturated rings. The molecule has 0 saturated carbocycles. The lowest BCUT2D eigenvalue weighted by Crippen LogP contribution is -2.45. The van der Waals surface area contributed by atoms with Crippen molar-refractivity contribution in [3.63, 3.8) is 0 Å². The number of aryl methyl sites for hydroxylation is 1. The van der Waals surface area contributed by atoms with Crippen LogP contribution < -0.4 is 0 Å². The Bertz CT molecular complexity index is 639. The molecule has 0 N–H and O–H groups in total. The fourth-order valence-electron chi connectivity index (χ4n) is 3.04. The quantitative estimate of drug-likeness (QED) is 0.831. The number of piperidine rings is 1. The van der Waals surface area contributed by atoms with E-state index in [4.69, 9.17) is 4.52 Å². The van der Waals surface area contributed by atoms with Crippen LogP contribution in [0.5, 0.6) is 0 Å². The topological polar surface area (TPSA) is 91.9 Å². The van der Waals surface area contributed by atoms with Crippen molar-refractivity contribution in [2.75, 3.05) is 19.6 Å². The molecule has 2 aliphatic heterocycles. The molecule has 2 aliphatic rings. The number of rotatable bonds is 3. The van der Waals surface area contributed by atoms with Gasteiger partial charge in [-0.1, -0.05) is 5.16 Å². The van der Waals surface area contributed by atoms with Gasteiger partial charge < -0.3 is 9.42 Å². The molecule has 0 radical (unpaired) electrons. The van der Waals surface area contributed by atoms with Gasteiger partial charge in [-0.3, -0.25) is 9.59 Å². The molecule has 3 heterocycles. The monoisotopic (exact) mass is 319 g/mol. The average molecular weight is 319 g/mol. The van der Waals surface area contributed by atoms with Crippen molar-refractivity contribution in [2.24, 2.45) is 5.10 Å². The molecule has 2 amide bonds. The first-order valence-corrected chi connectivity index (χ1v) is 8.05. The first-order valence-electron chi connectivity index (χ1n) is 8.05. The Balaban J connectivity index is 1.71. The Labute approximate surface area is 134 Å². The van der Waals surface area contributed by atoms with Gasteiger partial charge in [0.1, 0.15) is 5.71 Å². The molecule has 0 spiro atoms. The summed E-state index contributed by atoms with van der Waals surface area (Å²) in [6.45, 7) is 5.36. The van der Waals surface area contributed by atoms with Crippen molar-refractivity contribution in [3.05, 3.63) is 11.7 Å². The van der Waals surface area contributed by atoms with Crippen molar-refractivity contribution in [2.45, 2.75) is 45.4 Å². The average Bonchev–Trinajstić information content (AvgIpc) is 3.01. The zero-order chi connectivity index (χ0) is 16.4. The first kappa shape index (κ1) is 15.6. The van der Waals surface area contributed by atoms with Gasteiger partial charge in [0.2, 0.25) is 11.8 Å². The number of hydrogen-bond donors (Lipinski definition) is 0. The highest BCUT2D eigenvalue weighted by Crippen LogP contribution is 2.25. The van der Waals surface area contributed by atoms with E-state index in [0.717, 1.165) is 12.8 Å². The highest BCUT2D eigenvalue weighted by molar-refractivity contribution is 6.39. The Morgan fingerprint density at radius 2 is 2.22 bits per heavy atom. The van der Waals surface area contributed by atoms with E-state index in [9.17, 15) is 9.59 Å². The van der Waals surface area contributed by atoms with Gasteiger partial charge in [0, 0.05) is 45.3 Å². The second-order valence-corrected chi connectivity index (χ2v) is 5.92. The minimum atomic E-state index is -0.0825. The maximum absolute atomic E-state index is 12.7. The van der Waals surface area contributed by atoms with Gasteiger partial charge in [-0.2, -0.15) is 10.1 Å². The van der Waals surface area contributed by atoms with E-state index >= 15 is 0 Å². The van der Waals surface area contributed by atoms with Crippen LogP contribution in [0.15, 0.2) is 9.62 Å². The molecule has 23 heavy (non-hydrogen) atoms. The van der Waals surface area contributed by atoms with Crippen LogP contribution in [0.2, 0.25) is 0 Å². The molecule has 0 aliphatic carbocycles. The Kier molecular flexibility index (Phi) is 4.40. The van der Waals surface area contributed by atoms with Gasteiger partial charge in [-0.15, -0.1) is 0 Å². The molecule has 1 aromatic rings. The number of likely N-dealkylation sites (tertiary alicyclic amines) is 1. The molecular weight excluding hydrogens is 298 g/mol. The molecule has 124 valence electrons. The summed E-state index contributed by atoms with van der Waals surface area (Å²) in [5, 5.41) is 9.57. The zero-order valence-corrected chi connectivity index (χ0v) is 13.5. The molecule has 1 aromatic heterocycles. The van der Waals surface area contributed by atoms with Gasteiger partial charge in [0.05, 0.1) is 0 Å². The van der Waals surface area contributed by atoms with E-state index < -0.39 is 0 Å². The van der Waals surface area contributed by atoms with E-state index in [-0.39, 0.29) is 17.7 Å². The number of amides is 2. The number of aromatic nitrogens is 2. The maximum atomic E-state index is 12.7. The summed E-state index contributed by atoms with van der Waals surface area (Å²) in [7, 11) is 0. The number of nitrogens with zero attached hydrogens (tertiary/aromatic N) is 5. The highest BCUT2D eigenvalue weighted by atomic mass is 16.5. The summed E-state index contributed by atoms with van der Waals surface area (Å²) in [6, 6.07) is 0. The molecule has 1 saturated heterocycles. The van der Waals surface area contributed by atoms with E-state index in [0.29, 0.717) is 49.9 Å². The van der Waals surface area contributed by atoms with Gasteiger partial charge in [-0.05, 0) is 19.8 Å². The molecule has 0 bridgehead atoms.